The summed E-state index contributed by atoms with van der Waals surface area (Å²) in [7, 11) is 0. The highest BCUT2D eigenvalue weighted by atomic mass is 32.1. The van der Waals surface area contributed by atoms with Gasteiger partial charge in [0.2, 0.25) is 5.71 Å². The lowest BCUT2D eigenvalue weighted by Gasteiger charge is -2.11. The molecule has 0 unspecified atom stereocenters. The number of fused-ring (bicyclic) bond motifs is 11. The molecule has 4 aromatic heterocycles. The Labute approximate surface area is 314 Å². The molecule has 0 amide bonds. The molecule has 4 heterocycles. The lowest BCUT2D eigenvalue weighted by atomic mass is 9.98. The Hall–Kier alpha value is -6.88. The van der Waals surface area contributed by atoms with E-state index in [1.807, 2.05) is 17.4 Å². The molecular weight excluding hydrogens is 677 g/mol. The van der Waals surface area contributed by atoms with Crippen LogP contribution in [0.3, 0.4) is 0 Å². The van der Waals surface area contributed by atoms with Crippen LogP contribution < -0.4 is 0 Å². The number of nitrogens with zero attached hydrogens (tertiary/aromatic N) is 2. The summed E-state index contributed by atoms with van der Waals surface area (Å²) in [6, 6.07) is 65.9. The van der Waals surface area contributed by atoms with E-state index >= 15 is 0 Å². The molecule has 0 bridgehead atoms. The van der Waals surface area contributed by atoms with E-state index in [1.165, 1.54) is 69.6 Å². The van der Waals surface area contributed by atoms with E-state index in [4.69, 9.17) is 4.42 Å². The highest BCUT2D eigenvalue weighted by Crippen LogP contribution is 2.43. The molecule has 0 saturated heterocycles. The topological polar surface area (TPSA) is 23.0 Å². The van der Waals surface area contributed by atoms with Gasteiger partial charge in [0.05, 0.1) is 21.9 Å². The first kappa shape index (κ1) is 29.7. The molecule has 12 aromatic rings. The molecule has 12 rings (SSSR count). The number of furan rings is 1. The zero-order valence-corrected chi connectivity index (χ0v) is 29.8. The Morgan fingerprint density at radius 1 is 0.370 bits per heavy atom. The molecule has 0 atom stereocenters. The monoisotopic (exact) mass is 706 g/mol. The molecule has 0 aliphatic rings. The van der Waals surface area contributed by atoms with Crippen molar-refractivity contribution in [3.63, 3.8) is 0 Å². The van der Waals surface area contributed by atoms with Crippen LogP contribution in [0.1, 0.15) is 0 Å². The van der Waals surface area contributed by atoms with E-state index < -0.39 is 0 Å². The lowest BCUT2D eigenvalue weighted by Crippen LogP contribution is -1.94. The number of aromatic nitrogens is 2. The summed E-state index contributed by atoms with van der Waals surface area (Å²) in [5.41, 5.74) is 12.4. The zero-order valence-electron chi connectivity index (χ0n) is 29.0. The smallest absolute Gasteiger partial charge is 0.213 e. The second-order valence-electron chi connectivity index (χ2n) is 14.1. The molecule has 252 valence electrons. The molecule has 0 radical (unpaired) electrons. The first-order chi connectivity index (χ1) is 26.8. The largest absolute Gasteiger partial charge is 0.439 e. The molecule has 0 saturated carbocycles. The van der Waals surface area contributed by atoms with Crippen molar-refractivity contribution in [2.75, 3.05) is 0 Å². The van der Waals surface area contributed by atoms with Crippen molar-refractivity contribution in [1.82, 2.24) is 9.13 Å². The average molecular weight is 707 g/mol. The summed E-state index contributed by atoms with van der Waals surface area (Å²) >= 11 is 1.87. The standard InChI is InChI=1S/C50H30N2OS/c1-2-11-34(12-3-1)52-44-27-23-32(29-41(44)49-38-14-5-8-18-45(38)53-50(49)52)31-21-25-35(26-22-31)51-42-17-7-4-13-37(42)40-30-33(24-28-43(40)51)36-16-10-20-47-48(36)39-15-6-9-19-46(39)54-47/h1-30H. The molecule has 3 nitrogen and oxygen atoms in total. The highest BCUT2D eigenvalue weighted by Gasteiger charge is 2.20. The van der Waals surface area contributed by atoms with E-state index in [9.17, 15) is 0 Å². The molecule has 0 N–H and O–H groups in total. The van der Waals surface area contributed by atoms with Crippen LogP contribution in [0, 0.1) is 0 Å². The third-order valence-electron chi connectivity index (χ3n) is 11.1. The third kappa shape index (κ3) is 4.23. The predicted octanol–water partition coefficient (Wildman–Crippen LogP) is 14.3. The van der Waals surface area contributed by atoms with Crippen molar-refractivity contribution in [2.24, 2.45) is 0 Å². The van der Waals surface area contributed by atoms with Gasteiger partial charge < -0.3 is 8.98 Å². The van der Waals surface area contributed by atoms with Gasteiger partial charge in [-0.2, -0.15) is 0 Å². The number of thiophene rings is 1. The fourth-order valence-electron chi connectivity index (χ4n) is 8.74. The summed E-state index contributed by atoms with van der Waals surface area (Å²) in [5, 5.41) is 8.65. The quantitative estimate of drug-likeness (QED) is 0.179. The normalized spacial score (nSPS) is 12.1. The average Bonchev–Trinajstić information content (AvgIpc) is 3.98. The van der Waals surface area contributed by atoms with Crippen LogP contribution in [0.5, 0.6) is 0 Å². The highest BCUT2D eigenvalue weighted by molar-refractivity contribution is 7.25. The van der Waals surface area contributed by atoms with Crippen LogP contribution in [0.25, 0.3) is 109 Å². The summed E-state index contributed by atoms with van der Waals surface area (Å²) in [4.78, 5) is 0. The van der Waals surface area contributed by atoms with Crippen LogP contribution in [-0.4, -0.2) is 9.13 Å². The third-order valence-corrected chi connectivity index (χ3v) is 12.3. The second kappa shape index (κ2) is 11.3. The van der Waals surface area contributed by atoms with Gasteiger partial charge in [-0.05, 0) is 95.1 Å². The fraction of sp³-hybridized carbons (Fsp3) is 0. The Balaban J connectivity index is 0.991. The van der Waals surface area contributed by atoms with Gasteiger partial charge in [-0.1, -0.05) is 109 Å². The van der Waals surface area contributed by atoms with Crippen LogP contribution in [0.2, 0.25) is 0 Å². The Morgan fingerprint density at radius 2 is 1.00 bits per heavy atom. The predicted molar refractivity (Wildman–Crippen MR) is 229 cm³/mol. The minimum Gasteiger partial charge on any atom is -0.439 e. The lowest BCUT2D eigenvalue weighted by molar-refractivity contribution is 0.645. The molecular formula is C50H30N2OS. The fourth-order valence-corrected chi connectivity index (χ4v) is 9.87. The van der Waals surface area contributed by atoms with Crippen molar-refractivity contribution in [2.45, 2.75) is 0 Å². The Kier molecular flexibility index (Phi) is 6.21. The van der Waals surface area contributed by atoms with Crippen LogP contribution in [0.4, 0.5) is 0 Å². The minimum absolute atomic E-state index is 0.875. The van der Waals surface area contributed by atoms with Crippen molar-refractivity contribution in [1.29, 1.82) is 0 Å². The molecule has 0 aliphatic carbocycles. The van der Waals surface area contributed by atoms with Gasteiger partial charge in [0.15, 0.2) is 0 Å². The number of para-hydroxylation sites is 3. The van der Waals surface area contributed by atoms with E-state index in [-0.39, 0.29) is 0 Å². The summed E-state index contributed by atoms with van der Waals surface area (Å²) in [6.45, 7) is 0. The van der Waals surface area contributed by atoms with Crippen molar-refractivity contribution in [3.05, 3.63) is 182 Å². The number of rotatable bonds is 4. The van der Waals surface area contributed by atoms with Gasteiger partial charge in [-0.25, -0.2) is 0 Å². The zero-order chi connectivity index (χ0) is 35.3. The summed E-state index contributed by atoms with van der Waals surface area (Å²) in [5.74, 6) is 0. The first-order valence-corrected chi connectivity index (χ1v) is 19.2. The SMILES string of the molecule is c1ccc(-n2c3ccc(-c4ccc(-n5c6ccccc6c6cc(-c7cccc8sc9ccccc9c78)ccc65)cc4)cc3c3c4ccccc4oc32)cc1. The van der Waals surface area contributed by atoms with Gasteiger partial charge in [-0.15, -0.1) is 11.3 Å². The van der Waals surface area contributed by atoms with Crippen LogP contribution >= 0.6 is 11.3 Å². The minimum atomic E-state index is 0.875. The van der Waals surface area contributed by atoms with E-state index in [1.54, 1.807) is 0 Å². The van der Waals surface area contributed by atoms with Gasteiger partial charge >= 0.3 is 0 Å². The van der Waals surface area contributed by atoms with Crippen molar-refractivity contribution < 1.29 is 4.42 Å². The maximum Gasteiger partial charge on any atom is 0.213 e. The van der Waals surface area contributed by atoms with Gasteiger partial charge in [0.25, 0.3) is 0 Å². The van der Waals surface area contributed by atoms with Crippen molar-refractivity contribution >= 4 is 86.3 Å². The van der Waals surface area contributed by atoms with Crippen LogP contribution in [-0.2, 0) is 0 Å². The van der Waals surface area contributed by atoms with E-state index in [0.717, 1.165) is 39.0 Å². The van der Waals surface area contributed by atoms with E-state index in [2.05, 4.69) is 185 Å². The van der Waals surface area contributed by atoms with Gasteiger partial charge in [0, 0.05) is 53.1 Å². The first-order valence-electron chi connectivity index (χ1n) is 18.3. The molecule has 0 aliphatic heterocycles. The number of hydrogen-bond acceptors (Lipinski definition) is 2. The number of benzene rings is 8. The molecule has 54 heavy (non-hydrogen) atoms. The van der Waals surface area contributed by atoms with Gasteiger partial charge in [0.1, 0.15) is 5.58 Å². The maximum atomic E-state index is 6.52. The number of hydrogen-bond donors (Lipinski definition) is 0. The second-order valence-corrected chi connectivity index (χ2v) is 15.2. The van der Waals surface area contributed by atoms with Crippen LogP contribution in [0.15, 0.2) is 186 Å². The Bertz CT molecular complexity index is 3430. The molecule has 0 spiro atoms. The maximum absolute atomic E-state index is 6.52. The molecule has 8 aromatic carbocycles. The van der Waals surface area contributed by atoms with Crippen molar-refractivity contribution in [3.8, 4) is 33.6 Å². The summed E-state index contributed by atoms with van der Waals surface area (Å²) < 4.78 is 13.8. The molecule has 4 heteroatoms. The molecule has 0 fully saturated rings. The summed E-state index contributed by atoms with van der Waals surface area (Å²) in [6.07, 6.45) is 0. The Morgan fingerprint density at radius 3 is 1.87 bits per heavy atom. The van der Waals surface area contributed by atoms with Gasteiger partial charge in [-0.3, -0.25) is 4.57 Å². The van der Waals surface area contributed by atoms with E-state index in [0.29, 0.717) is 0 Å².